The summed E-state index contributed by atoms with van der Waals surface area (Å²) in [5.74, 6) is 0.975. The van der Waals surface area contributed by atoms with Crippen LogP contribution in [0.2, 0.25) is 0 Å². The minimum absolute atomic E-state index is 0.293. The number of hydrogen-bond acceptors (Lipinski definition) is 5. The second-order valence-corrected chi connectivity index (χ2v) is 5.17. The first-order valence-electron chi connectivity index (χ1n) is 6.76. The number of rotatable bonds is 2. The Labute approximate surface area is 107 Å². The Bertz CT molecular complexity index is 386. The van der Waals surface area contributed by atoms with E-state index in [4.69, 9.17) is 0 Å². The SMILES string of the molecule is OC[C@H]1CCC[C@H]2CN(c3cnccn3)CCN12. The first kappa shape index (κ1) is 11.9. The Hall–Kier alpha value is -1.20. The molecule has 1 N–H and O–H groups in total. The summed E-state index contributed by atoms with van der Waals surface area (Å²) in [7, 11) is 0. The van der Waals surface area contributed by atoms with E-state index in [0.29, 0.717) is 18.7 Å². The standard InChI is InChI=1S/C13H20N4O/c18-10-12-3-1-2-11-9-16(6-7-17(11)12)13-8-14-4-5-15-13/h4-5,8,11-12,18H,1-3,6-7,9-10H2/t11-,12+/m0/s1. The van der Waals surface area contributed by atoms with Gasteiger partial charge in [-0.05, 0) is 12.8 Å². The highest BCUT2D eigenvalue weighted by Gasteiger charge is 2.34. The molecule has 2 atom stereocenters. The smallest absolute Gasteiger partial charge is 0.147 e. The van der Waals surface area contributed by atoms with Crippen LogP contribution in [0.5, 0.6) is 0 Å². The van der Waals surface area contributed by atoms with Crippen molar-refractivity contribution in [1.82, 2.24) is 14.9 Å². The van der Waals surface area contributed by atoms with Gasteiger partial charge in [0.1, 0.15) is 5.82 Å². The van der Waals surface area contributed by atoms with E-state index in [9.17, 15) is 5.11 Å². The molecule has 3 rings (SSSR count). The van der Waals surface area contributed by atoms with Crippen molar-refractivity contribution in [2.45, 2.75) is 31.3 Å². The molecule has 98 valence electrons. The minimum Gasteiger partial charge on any atom is -0.395 e. The summed E-state index contributed by atoms with van der Waals surface area (Å²) in [6, 6.07) is 0.930. The average Bonchev–Trinajstić information content (AvgIpc) is 2.47. The van der Waals surface area contributed by atoms with Crippen LogP contribution in [0.3, 0.4) is 0 Å². The number of nitrogens with zero attached hydrogens (tertiary/aromatic N) is 4. The highest BCUT2D eigenvalue weighted by atomic mass is 16.3. The fourth-order valence-electron chi connectivity index (χ4n) is 3.22. The summed E-state index contributed by atoms with van der Waals surface area (Å²) in [4.78, 5) is 13.3. The molecule has 2 fully saturated rings. The lowest BCUT2D eigenvalue weighted by molar-refractivity contribution is 0.0369. The van der Waals surface area contributed by atoms with E-state index in [1.165, 1.54) is 12.8 Å². The van der Waals surface area contributed by atoms with Gasteiger partial charge in [0.25, 0.3) is 0 Å². The summed E-state index contributed by atoms with van der Waals surface area (Å²) < 4.78 is 0. The Balaban J connectivity index is 1.70. The minimum atomic E-state index is 0.293. The van der Waals surface area contributed by atoms with Crippen LogP contribution in [0, 0.1) is 0 Å². The second kappa shape index (κ2) is 5.20. The predicted molar refractivity (Wildman–Crippen MR) is 69.5 cm³/mol. The molecule has 0 unspecified atom stereocenters. The van der Waals surface area contributed by atoms with Gasteiger partial charge in [0.15, 0.2) is 0 Å². The van der Waals surface area contributed by atoms with E-state index in [1.54, 1.807) is 12.4 Å². The van der Waals surface area contributed by atoms with Gasteiger partial charge in [0, 0.05) is 44.1 Å². The fourth-order valence-corrected chi connectivity index (χ4v) is 3.22. The van der Waals surface area contributed by atoms with Crippen molar-refractivity contribution in [3.05, 3.63) is 18.6 Å². The highest BCUT2D eigenvalue weighted by molar-refractivity contribution is 5.36. The highest BCUT2D eigenvalue weighted by Crippen LogP contribution is 2.27. The van der Waals surface area contributed by atoms with Crippen molar-refractivity contribution in [2.75, 3.05) is 31.1 Å². The molecule has 0 radical (unpaired) electrons. The van der Waals surface area contributed by atoms with Crippen molar-refractivity contribution in [3.8, 4) is 0 Å². The lowest BCUT2D eigenvalue weighted by Crippen LogP contribution is -2.59. The van der Waals surface area contributed by atoms with Gasteiger partial charge in [-0.1, -0.05) is 6.42 Å². The predicted octanol–water partition coefficient (Wildman–Crippen LogP) is 0.512. The summed E-state index contributed by atoms with van der Waals surface area (Å²) in [5.41, 5.74) is 0. The van der Waals surface area contributed by atoms with Crippen molar-refractivity contribution in [2.24, 2.45) is 0 Å². The maximum absolute atomic E-state index is 9.44. The Kier molecular flexibility index (Phi) is 3.43. The largest absolute Gasteiger partial charge is 0.395 e. The molecule has 1 aromatic heterocycles. The van der Waals surface area contributed by atoms with Gasteiger partial charge >= 0.3 is 0 Å². The molecule has 0 saturated carbocycles. The summed E-state index contributed by atoms with van der Waals surface area (Å²) in [5, 5.41) is 9.44. The molecule has 1 aromatic rings. The Morgan fingerprint density at radius 2 is 2.22 bits per heavy atom. The molecule has 0 spiro atoms. The molecular formula is C13H20N4O. The number of aromatic nitrogens is 2. The van der Waals surface area contributed by atoms with Crippen molar-refractivity contribution in [3.63, 3.8) is 0 Å². The average molecular weight is 248 g/mol. The number of anilines is 1. The van der Waals surface area contributed by atoms with Crippen LogP contribution in [0.15, 0.2) is 18.6 Å². The molecule has 5 heteroatoms. The van der Waals surface area contributed by atoms with Gasteiger partial charge in [-0.15, -0.1) is 0 Å². The fraction of sp³-hybridized carbons (Fsp3) is 0.692. The van der Waals surface area contributed by atoms with E-state index in [-0.39, 0.29) is 0 Å². The third kappa shape index (κ3) is 2.20. The first-order valence-corrected chi connectivity index (χ1v) is 6.76. The lowest BCUT2D eigenvalue weighted by atomic mass is 9.94. The molecule has 0 amide bonds. The van der Waals surface area contributed by atoms with Gasteiger partial charge in [0.2, 0.25) is 0 Å². The van der Waals surface area contributed by atoms with Crippen molar-refractivity contribution in [1.29, 1.82) is 0 Å². The van der Waals surface area contributed by atoms with Gasteiger partial charge in [-0.2, -0.15) is 0 Å². The van der Waals surface area contributed by atoms with E-state index in [0.717, 1.165) is 31.9 Å². The molecule has 0 aromatic carbocycles. The third-order valence-corrected chi connectivity index (χ3v) is 4.16. The van der Waals surface area contributed by atoms with Crippen LogP contribution in [0.4, 0.5) is 5.82 Å². The van der Waals surface area contributed by atoms with Gasteiger partial charge in [-0.25, -0.2) is 4.98 Å². The zero-order valence-corrected chi connectivity index (χ0v) is 10.6. The first-order chi connectivity index (χ1) is 8.88. The molecule has 2 aliphatic rings. The zero-order chi connectivity index (χ0) is 12.4. The van der Waals surface area contributed by atoms with E-state index in [2.05, 4.69) is 19.8 Å². The lowest BCUT2D eigenvalue weighted by Gasteiger charge is -2.48. The van der Waals surface area contributed by atoms with Gasteiger partial charge < -0.3 is 10.0 Å². The number of piperidine rings is 1. The van der Waals surface area contributed by atoms with Crippen LogP contribution in [0.1, 0.15) is 19.3 Å². The zero-order valence-electron chi connectivity index (χ0n) is 10.6. The number of aliphatic hydroxyl groups excluding tert-OH is 1. The summed E-state index contributed by atoms with van der Waals surface area (Å²) >= 11 is 0. The Morgan fingerprint density at radius 3 is 3.00 bits per heavy atom. The van der Waals surface area contributed by atoms with E-state index in [1.807, 2.05) is 6.20 Å². The van der Waals surface area contributed by atoms with E-state index >= 15 is 0 Å². The van der Waals surface area contributed by atoms with Crippen LogP contribution in [-0.2, 0) is 0 Å². The Morgan fingerprint density at radius 1 is 1.28 bits per heavy atom. The maximum atomic E-state index is 9.44. The topological polar surface area (TPSA) is 52.5 Å². The molecule has 0 aliphatic carbocycles. The molecule has 2 aliphatic heterocycles. The number of fused-ring (bicyclic) bond motifs is 1. The monoisotopic (exact) mass is 248 g/mol. The third-order valence-electron chi connectivity index (χ3n) is 4.16. The maximum Gasteiger partial charge on any atom is 0.147 e. The van der Waals surface area contributed by atoms with Crippen LogP contribution < -0.4 is 4.90 Å². The molecule has 5 nitrogen and oxygen atoms in total. The van der Waals surface area contributed by atoms with E-state index < -0.39 is 0 Å². The molecule has 2 saturated heterocycles. The number of hydrogen-bond donors (Lipinski definition) is 1. The van der Waals surface area contributed by atoms with Crippen LogP contribution in [-0.4, -0.2) is 58.3 Å². The van der Waals surface area contributed by atoms with Crippen LogP contribution in [0.25, 0.3) is 0 Å². The second-order valence-electron chi connectivity index (χ2n) is 5.17. The van der Waals surface area contributed by atoms with Gasteiger partial charge in [-0.3, -0.25) is 9.88 Å². The normalized spacial score (nSPS) is 29.1. The number of piperazine rings is 1. The van der Waals surface area contributed by atoms with Crippen LogP contribution >= 0.6 is 0 Å². The van der Waals surface area contributed by atoms with Gasteiger partial charge in [0.05, 0.1) is 12.8 Å². The molecule has 18 heavy (non-hydrogen) atoms. The number of aliphatic hydroxyl groups is 1. The molecular weight excluding hydrogens is 228 g/mol. The van der Waals surface area contributed by atoms with Crippen molar-refractivity contribution >= 4 is 5.82 Å². The molecule has 3 heterocycles. The molecule has 0 bridgehead atoms. The summed E-state index contributed by atoms with van der Waals surface area (Å²) in [6.45, 7) is 3.30. The van der Waals surface area contributed by atoms with Crippen molar-refractivity contribution < 1.29 is 5.11 Å². The quantitative estimate of drug-likeness (QED) is 0.826. The summed E-state index contributed by atoms with van der Waals surface area (Å²) in [6.07, 6.45) is 8.88.